The van der Waals surface area contributed by atoms with Crippen molar-refractivity contribution in [3.8, 4) is 0 Å². The molecular formula is C18H20N2O4. The first-order valence-electron chi connectivity index (χ1n) is 8.21. The summed E-state index contributed by atoms with van der Waals surface area (Å²) in [6, 6.07) is 7.33. The van der Waals surface area contributed by atoms with Crippen molar-refractivity contribution < 1.29 is 18.7 Å². The summed E-state index contributed by atoms with van der Waals surface area (Å²) < 4.78 is 17.2. The van der Waals surface area contributed by atoms with E-state index in [2.05, 4.69) is 4.98 Å². The number of aromatic nitrogens is 1. The maximum Gasteiger partial charge on any atom is 0.289 e. The van der Waals surface area contributed by atoms with Crippen LogP contribution in [0, 0.1) is 0 Å². The Labute approximate surface area is 140 Å². The number of hydrogen-bond donors (Lipinski definition) is 0. The summed E-state index contributed by atoms with van der Waals surface area (Å²) in [5.74, 6) is 0.314. The van der Waals surface area contributed by atoms with Crippen LogP contribution >= 0.6 is 0 Å². The van der Waals surface area contributed by atoms with Crippen LogP contribution in [0.25, 0.3) is 0 Å². The number of likely N-dealkylation sites (tertiary alicyclic amines) is 1. The fourth-order valence-electron chi connectivity index (χ4n) is 3.47. The number of nitrogens with zero attached hydrogens (tertiary/aromatic N) is 2. The number of carbonyl (C=O) groups is 1. The molecule has 0 bridgehead atoms. The van der Waals surface area contributed by atoms with Gasteiger partial charge in [-0.05, 0) is 30.2 Å². The van der Waals surface area contributed by atoms with Crippen molar-refractivity contribution >= 4 is 5.91 Å². The van der Waals surface area contributed by atoms with Gasteiger partial charge in [-0.3, -0.25) is 9.78 Å². The average Bonchev–Trinajstić information content (AvgIpc) is 3.36. The summed E-state index contributed by atoms with van der Waals surface area (Å²) in [6.45, 7) is 2.39. The lowest BCUT2D eigenvalue weighted by molar-refractivity contribution is 0.0000820. The Kier molecular flexibility index (Phi) is 4.08. The minimum Gasteiger partial charge on any atom is -0.459 e. The predicted octanol–water partition coefficient (Wildman–Crippen LogP) is 2.27. The molecule has 6 heteroatoms. The summed E-state index contributed by atoms with van der Waals surface area (Å²) in [6.07, 6.45) is 6.80. The van der Waals surface area contributed by atoms with Gasteiger partial charge in [0.2, 0.25) is 0 Å². The van der Waals surface area contributed by atoms with Crippen LogP contribution in [-0.2, 0) is 16.1 Å². The summed E-state index contributed by atoms with van der Waals surface area (Å²) in [7, 11) is 0. The monoisotopic (exact) mass is 328 g/mol. The Hall–Kier alpha value is -2.18. The van der Waals surface area contributed by atoms with E-state index in [9.17, 15) is 4.79 Å². The molecule has 24 heavy (non-hydrogen) atoms. The maximum atomic E-state index is 12.4. The van der Waals surface area contributed by atoms with E-state index in [0.717, 1.165) is 18.4 Å². The Morgan fingerprint density at radius 2 is 2.38 bits per heavy atom. The quantitative estimate of drug-likeness (QED) is 0.861. The molecule has 0 radical (unpaired) electrons. The smallest absolute Gasteiger partial charge is 0.289 e. The summed E-state index contributed by atoms with van der Waals surface area (Å²) in [5, 5.41) is 0. The van der Waals surface area contributed by atoms with E-state index in [4.69, 9.17) is 13.9 Å². The van der Waals surface area contributed by atoms with Gasteiger partial charge < -0.3 is 18.8 Å². The molecule has 2 aliphatic heterocycles. The minimum absolute atomic E-state index is 0.0591. The molecule has 0 unspecified atom stereocenters. The van der Waals surface area contributed by atoms with E-state index in [1.54, 1.807) is 18.3 Å². The van der Waals surface area contributed by atoms with Crippen LogP contribution in [-0.4, -0.2) is 47.2 Å². The molecule has 1 spiro atoms. The van der Waals surface area contributed by atoms with Gasteiger partial charge in [-0.25, -0.2) is 0 Å². The number of pyridine rings is 1. The minimum atomic E-state index is -0.276. The lowest BCUT2D eigenvalue weighted by Crippen LogP contribution is -2.36. The van der Waals surface area contributed by atoms with Crippen molar-refractivity contribution in [2.45, 2.75) is 31.2 Å². The second kappa shape index (κ2) is 6.37. The zero-order valence-electron chi connectivity index (χ0n) is 13.4. The van der Waals surface area contributed by atoms with Gasteiger partial charge in [0.1, 0.15) is 0 Å². The van der Waals surface area contributed by atoms with Crippen LogP contribution < -0.4 is 0 Å². The van der Waals surface area contributed by atoms with Crippen LogP contribution in [0.1, 0.15) is 29.0 Å². The summed E-state index contributed by atoms with van der Waals surface area (Å²) in [4.78, 5) is 18.3. The molecule has 2 aromatic rings. The maximum absolute atomic E-state index is 12.4. The third-order valence-corrected chi connectivity index (χ3v) is 4.72. The highest BCUT2D eigenvalue weighted by Gasteiger charge is 2.47. The zero-order valence-corrected chi connectivity index (χ0v) is 13.4. The number of rotatable bonds is 4. The fraction of sp³-hybridized carbons (Fsp3) is 0.444. The average molecular weight is 328 g/mol. The second-order valence-corrected chi connectivity index (χ2v) is 6.45. The van der Waals surface area contributed by atoms with Crippen LogP contribution in [0.3, 0.4) is 0 Å². The molecule has 4 rings (SSSR count). The van der Waals surface area contributed by atoms with Gasteiger partial charge in [0, 0.05) is 25.4 Å². The first-order chi connectivity index (χ1) is 11.7. The van der Waals surface area contributed by atoms with Gasteiger partial charge in [0.25, 0.3) is 5.91 Å². The Morgan fingerprint density at radius 1 is 1.42 bits per heavy atom. The van der Waals surface area contributed by atoms with Gasteiger partial charge in [0.05, 0.1) is 37.7 Å². The molecule has 126 valence electrons. The molecule has 2 saturated heterocycles. The molecule has 4 heterocycles. The van der Waals surface area contributed by atoms with E-state index < -0.39 is 0 Å². The molecule has 0 N–H and O–H groups in total. The van der Waals surface area contributed by atoms with Gasteiger partial charge in [-0.1, -0.05) is 6.07 Å². The number of amides is 1. The second-order valence-electron chi connectivity index (χ2n) is 6.45. The summed E-state index contributed by atoms with van der Waals surface area (Å²) >= 11 is 0. The molecule has 2 aliphatic rings. The first kappa shape index (κ1) is 15.4. The van der Waals surface area contributed by atoms with E-state index in [1.807, 2.05) is 23.2 Å². The lowest BCUT2D eigenvalue weighted by Gasteiger charge is -2.22. The lowest BCUT2D eigenvalue weighted by atomic mass is 9.98. The van der Waals surface area contributed by atoms with Crippen molar-refractivity contribution in [3.05, 3.63) is 54.2 Å². The normalized spacial score (nSPS) is 26.3. The van der Waals surface area contributed by atoms with E-state index in [-0.39, 0.29) is 17.6 Å². The molecule has 1 amide bonds. The topological polar surface area (TPSA) is 64.8 Å². The van der Waals surface area contributed by atoms with Crippen molar-refractivity contribution in [1.29, 1.82) is 0 Å². The third kappa shape index (κ3) is 3.07. The Balaban J connectivity index is 1.32. The molecular weight excluding hydrogens is 308 g/mol. The van der Waals surface area contributed by atoms with Gasteiger partial charge >= 0.3 is 0 Å². The number of furan rings is 1. The number of hydrogen-bond acceptors (Lipinski definition) is 5. The first-order valence-corrected chi connectivity index (χ1v) is 8.21. The van der Waals surface area contributed by atoms with Crippen LogP contribution in [0.4, 0.5) is 0 Å². The highest BCUT2D eigenvalue weighted by molar-refractivity contribution is 5.91. The predicted molar refractivity (Wildman–Crippen MR) is 85.3 cm³/mol. The largest absolute Gasteiger partial charge is 0.459 e. The van der Waals surface area contributed by atoms with Gasteiger partial charge in [0.15, 0.2) is 5.76 Å². The number of ether oxygens (including phenoxy) is 2. The van der Waals surface area contributed by atoms with E-state index >= 15 is 0 Å². The van der Waals surface area contributed by atoms with Crippen LogP contribution in [0.15, 0.2) is 47.3 Å². The van der Waals surface area contributed by atoms with Crippen LogP contribution in [0.5, 0.6) is 0 Å². The number of carbonyl (C=O) groups excluding carboxylic acids is 1. The molecule has 2 fully saturated rings. The molecule has 2 aromatic heterocycles. The van der Waals surface area contributed by atoms with Crippen molar-refractivity contribution in [3.63, 3.8) is 0 Å². The van der Waals surface area contributed by atoms with Gasteiger partial charge in [-0.15, -0.1) is 0 Å². The molecule has 2 atom stereocenters. The van der Waals surface area contributed by atoms with Gasteiger partial charge in [-0.2, -0.15) is 0 Å². The van der Waals surface area contributed by atoms with Crippen molar-refractivity contribution in [1.82, 2.24) is 9.88 Å². The molecule has 0 saturated carbocycles. The van der Waals surface area contributed by atoms with E-state index in [1.165, 1.54) is 6.26 Å². The van der Waals surface area contributed by atoms with E-state index in [0.29, 0.717) is 32.1 Å². The fourth-order valence-corrected chi connectivity index (χ4v) is 3.47. The van der Waals surface area contributed by atoms with Crippen molar-refractivity contribution in [2.24, 2.45) is 0 Å². The molecule has 0 aromatic carbocycles. The van der Waals surface area contributed by atoms with Crippen molar-refractivity contribution in [2.75, 3.05) is 19.7 Å². The molecule has 0 aliphatic carbocycles. The zero-order chi connectivity index (χ0) is 16.4. The summed E-state index contributed by atoms with van der Waals surface area (Å²) in [5.41, 5.74) is 0.779. The third-order valence-electron chi connectivity index (χ3n) is 4.72. The molecule has 6 nitrogen and oxygen atoms in total. The standard InChI is InChI=1S/C18H20N2O4/c21-17(16-4-2-8-22-16)20-7-5-18(13-20)9-15(12-24-18)23-11-14-3-1-6-19-10-14/h1-4,6,8,10,15H,5,7,9,11-13H2/t15-,18+/m0/s1. The highest BCUT2D eigenvalue weighted by atomic mass is 16.6. The Bertz CT molecular complexity index is 688. The van der Waals surface area contributed by atoms with Crippen LogP contribution in [0.2, 0.25) is 0 Å². The highest BCUT2D eigenvalue weighted by Crippen LogP contribution is 2.37. The SMILES string of the molecule is O=C(c1ccco1)N1CC[C@@]2(C[C@H](OCc3cccnc3)CO2)C1. The Morgan fingerprint density at radius 3 is 3.17 bits per heavy atom.